The van der Waals surface area contributed by atoms with E-state index in [1.807, 2.05) is 13.1 Å². The van der Waals surface area contributed by atoms with E-state index < -0.39 is 0 Å². The highest BCUT2D eigenvalue weighted by Gasteiger charge is 2.04. The van der Waals surface area contributed by atoms with E-state index in [1.54, 1.807) is 0 Å². The predicted octanol–water partition coefficient (Wildman–Crippen LogP) is 2.75. The molecule has 0 atom stereocenters. The van der Waals surface area contributed by atoms with Crippen molar-refractivity contribution in [2.75, 3.05) is 43.4 Å². The first-order chi connectivity index (χ1) is 9.71. The second-order valence-corrected chi connectivity index (χ2v) is 5.01. The Morgan fingerprint density at radius 3 is 2.50 bits per heavy atom. The summed E-state index contributed by atoms with van der Waals surface area (Å²) in [5, 5.41) is 6.64. The lowest BCUT2D eigenvalue weighted by Gasteiger charge is -2.20. The van der Waals surface area contributed by atoms with Crippen LogP contribution in [0, 0.1) is 6.92 Å². The smallest absolute Gasteiger partial charge is 0.224 e. The summed E-state index contributed by atoms with van der Waals surface area (Å²) >= 11 is 0. The summed E-state index contributed by atoms with van der Waals surface area (Å²) in [6.45, 7) is 13.7. The van der Waals surface area contributed by atoms with E-state index in [-0.39, 0.29) is 0 Å². The molecule has 1 aromatic heterocycles. The maximum Gasteiger partial charge on any atom is 0.224 e. The molecule has 0 amide bonds. The molecule has 5 nitrogen and oxygen atoms in total. The molecule has 0 unspecified atom stereocenters. The van der Waals surface area contributed by atoms with E-state index in [0.717, 1.165) is 50.5 Å². The Balaban J connectivity index is 2.49. The number of hydrogen-bond acceptors (Lipinski definition) is 5. The van der Waals surface area contributed by atoms with Gasteiger partial charge in [0.05, 0.1) is 0 Å². The molecule has 0 fully saturated rings. The fraction of sp³-hybridized carbons (Fsp3) is 0.733. The Hall–Kier alpha value is -1.36. The van der Waals surface area contributed by atoms with Crippen molar-refractivity contribution in [1.82, 2.24) is 14.9 Å². The SMILES string of the molecule is CCCNc1ncc(C)c(NCCN(CC)CCC)n1. The maximum atomic E-state index is 4.53. The monoisotopic (exact) mass is 279 g/mol. The highest BCUT2D eigenvalue weighted by atomic mass is 15.2. The molecular formula is C15H29N5. The van der Waals surface area contributed by atoms with Gasteiger partial charge in [-0.25, -0.2) is 4.98 Å². The fourth-order valence-electron chi connectivity index (χ4n) is 2.02. The second-order valence-electron chi connectivity index (χ2n) is 5.01. The molecule has 0 spiro atoms. The fourth-order valence-corrected chi connectivity index (χ4v) is 2.02. The van der Waals surface area contributed by atoms with Gasteiger partial charge in [0.15, 0.2) is 0 Å². The molecule has 0 saturated heterocycles. The van der Waals surface area contributed by atoms with Gasteiger partial charge in [0.1, 0.15) is 5.82 Å². The highest BCUT2D eigenvalue weighted by molar-refractivity contribution is 5.46. The quantitative estimate of drug-likeness (QED) is 0.690. The molecule has 0 aliphatic heterocycles. The van der Waals surface area contributed by atoms with E-state index in [4.69, 9.17) is 0 Å². The number of anilines is 2. The Labute approximate surface area is 123 Å². The summed E-state index contributed by atoms with van der Waals surface area (Å²) in [5.41, 5.74) is 1.09. The van der Waals surface area contributed by atoms with E-state index >= 15 is 0 Å². The first-order valence-corrected chi connectivity index (χ1v) is 7.74. The minimum absolute atomic E-state index is 0.709. The third kappa shape index (κ3) is 5.74. The number of rotatable bonds is 10. The van der Waals surface area contributed by atoms with Gasteiger partial charge in [-0.3, -0.25) is 0 Å². The summed E-state index contributed by atoms with van der Waals surface area (Å²) < 4.78 is 0. The molecule has 0 aliphatic rings. The van der Waals surface area contributed by atoms with Crippen LogP contribution in [0.2, 0.25) is 0 Å². The van der Waals surface area contributed by atoms with Gasteiger partial charge < -0.3 is 15.5 Å². The zero-order valence-electron chi connectivity index (χ0n) is 13.4. The molecule has 0 saturated carbocycles. The lowest BCUT2D eigenvalue weighted by Crippen LogP contribution is -2.30. The number of aryl methyl sites for hydroxylation is 1. The Morgan fingerprint density at radius 1 is 1.05 bits per heavy atom. The zero-order valence-corrected chi connectivity index (χ0v) is 13.4. The molecule has 2 N–H and O–H groups in total. The van der Waals surface area contributed by atoms with Crippen LogP contribution in [0.1, 0.15) is 39.2 Å². The van der Waals surface area contributed by atoms with Gasteiger partial charge >= 0.3 is 0 Å². The number of hydrogen-bond donors (Lipinski definition) is 2. The average Bonchev–Trinajstić information content (AvgIpc) is 2.46. The lowest BCUT2D eigenvalue weighted by molar-refractivity contribution is 0.300. The van der Waals surface area contributed by atoms with Gasteiger partial charge in [-0.15, -0.1) is 0 Å². The van der Waals surface area contributed by atoms with Crippen molar-refractivity contribution in [2.24, 2.45) is 0 Å². The Bertz CT molecular complexity index is 381. The standard InChI is InChI=1S/C15H29N5/c1-5-8-17-15-18-12-13(4)14(19-15)16-9-11-20(7-3)10-6-2/h12H,5-11H2,1-4H3,(H2,16,17,18,19). The molecule has 0 radical (unpaired) electrons. The van der Waals surface area contributed by atoms with Gasteiger partial charge in [0.2, 0.25) is 5.95 Å². The van der Waals surface area contributed by atoms with Crippen LogP contribution in [-0.4, -0.2) is 47.6 Å². The highest BCUT2D eigenvalue weighted by Crippen LogP contribution is 2.12. The molecule has 1 heterocycles. The summed E-state index contributed by atoms with van der Waals surface area (Å²) in [4.78, 5) is 11.3. The van der Waals surface area contributed by atoms with Gasteiger partial charge in [0.25, 0.3) is 0 Å². The van der Waals surface area contributed by atoms with Crippen molar-refractivity contribution >= 4 is 11.8 Å². The van der Waals surface area contributed by atoms with Crippen molar-refractivity contribution in [3.63, 3.8) is 0 Å². The normalized spacial score (nSPS) is 10.8. The van der Waals surface area contributed by atoms with Crippen LogP contribution in [0.3, 0.4) is 0 Å². The van der Waals surface area contributed by atoms with Crippen LogP contribution in [0.25, 0.3) is 0 Å². The lowest BCUT2D eigenvalue weighted by atomic mass is 10.3. The summed E-state index contributed by atoms with van der Waals surface area (Å²) in [5.74, 6) is 1.65. The summed E-state index contributed by atoms with van der Waals surface area (Å²) in [7, 11) is 0. The van der Waals surface area contributed by atoms with Crippen molar-refractivity contribution in [2.45, 2.75) is 40.5 Å². The van der Waals surface area contributed by atoms with Crippen LogP contribution in [0.4, 0.5) is 11.8 Å². The maximum absolute atomic E-state index is 4.53. The first-order valence-electron chi connectivity index (χ1n) is 7.74. The third-order valence-corrected chi connectivity index (χ3v) is 3.21. The molecule has 1 rings (SSSR count). The van der Waals surface area contributed by atoms with Crippen molar-refractivity contribution in [3.05, 3.63) is 11.8 Å². The minimum Gasteiger partial charge on any atom is -0.368 e. The average molecular weight is 279 g/mol. The minimum atomic E-state index is 0.709. The van der Waals surface area contributed by atoms with E-state index in [9.17, 15) is 0 Å². The van der Waals surface area contributed by atoms with Crippen LogP contribution in [-0.2, 0) is 0 Å². The van der Waals surface area contributed by atoms with E-state index in [2.05, 4.69) is 46.3 Å². The van der Waals surface area contributed by atoms with Crippen LogP contribution in [0.15, 0.2) is 6.20 Å². The van der Waals surface area contributed by atoms with Gasteiger partial charge in [0, 0.05) is 31.4 Å². The molecule has 114 valence electrons. The molecule has 0 aliphatic carbocycles. The van der Waals surface area contributed by atoms with Crippen molar-refractivity contribution < 1.29 is 0 Å². The van der Waals surface area contributed by atoms with Crippen molar-refractivity contribution in [3.8, 4) is 0 Å². The van der Waals surface area contributed by atoms with E-state index in [1.165, 1.54) is 6.42 Å². The molecule has 0 aromatic carbocycles. The molecular weight excluding hydrogens is 250 g/mol. The molecule has 5 heteroatoms. The molecule has 1 aromatic rings. The predicted molar refractivity (Wildman–Crippen MR) is 86.4 cm³/mol. The second kappa shape index (κ2) is 9.53. The number of likely N-dealkylation sites (N-methyl/N-ethyl adjacent to an activating group) is 1. The van der Waals surface area contributed by atoms with Gasteiger partial charge in [-0.05, 0) is 32.9 Å². The number of nitrogens with zero attached hydrogens (tertiary/aromatic N) is 3. The third-order valence-electron chi connectivity index (χ3n) is 3.21. The first kappa shape index (κ1) is 16.7. The number of nitrogens with one attached hydrogen (secondary N) is 2. The van der Waals surface area contributed by atoms with Gasteiger partial charge in [-0.2, -0.15) is 4.98 Å². The number of aromatic nitrogens is 2. The van der Waals surface area contributed by atoms with Gasteiger partial charge in [-0.1, -0.05) is 20.8 Å². The Kier molecular flexibility index (Phi) is 7.95. The van der Waals surface area contributed by atoms with Crippen LogP contribution >= 0.6 is 0 Å². The zero-order chi connectivity index (χ0) is 14.8. The van der Waals surface area contributed by atoms with E-state index in [0.29, 0.717) is 5.95 Å². The van der Waals surface area contributed by atoms with Crippen LogP contribution < -0.4 is 10.6 Å². The summed E-state index contributed by atoms with van der Waals surface area (Å²) in [6.07, 6.45) is 4.14. The van der Waals surface area contributed by atoms with Crippen molar-refractivity contribution in [1.29, 1.82) is 0 Å². The van der Waals surface area contributed by atoms with Crippen LogP contribution in [0.5, 0.6) is 0 Å². The molecule has 20 heavy (non-hydrogen) atoms. The Morgan fingerprint density at radius 2 is 1.85 bits per heavy atom. The molecule has 0 bridgehead atoms. The summed E-state index contributed by atoms with van der Waals surface area (Å²) in [6, 6.07) is 0. The largest absolute Gasteiger partial charge is 0.368 e. The topological polar surface area (TPSA) is 53.1 Å².